The number of aromatic amines is 1. The van der Waals surface area contributed by atoms with Crippen molar-refractivity contribution in [1.29, 1.82) is 0 Å². The molecule has 0 spiro atoms. The lowest BCUT2D eigenvalue weighted by molar-refractivity contribution is 0.0928. The Labute approximate surface area is 202 Å². The van der Waals surface area contributed by atoms with E-state index in [2.05, 4.69) is 25.8 Å². The zero-order valence-electron chi connectivity index (χ0n) is 19.3. The molecule has 3 N–H and O–H groups in total. The maximum Gasteiger partial charge on any atom is 0.267 e. The molecule has 0 saturated carbocycles. The van der Waals surface area contributed by atoms with Gasteiger partial charge in [-0.1, -0.05) is 18.2 Å². The summed E-state index contributed by atoms with van der Waals surface area (Å²) < 4.78 is 5.24. The molecule has 178 valence electrons. The van der Waals surface area contributed by atoms with Gasteiger partial charge in [0.1, 0.15) is 6.17 Å². The van der Waals surface area contributed by atoms with Crippen molar-refractivity contribution >= 4 is 5.91 Å². The van der Waals surface area contributed by atoms with E-state index in [1.165, 1.54) is 0 Å². The highest BCUT2D eigenvalue weighted by Crippen LogP contribution is 2.22. The van der Waals surface area contributed by atoms with Crippen molar-refractivity contribution in [1.82, 2.24) is 25.8 Å². The topological polar surface area (TPSA) is 113 Å². The van der Waals surface area contributed by atoms with Crippen LogP contribution in [0.25, 0.3) is 0 Å². The molecule has 3 aromatic heterocycles. The van der Waals surface area contributed by atoms with E-state index in [0.717, 1.165) is 59.2 Å². The summed E-state index contributed by atoms with van der Waals surface area (Å²) in [4.78, 5) is 29.5. The van der Waals surface area contributed by atoms with Crippen LogP contribution in [0.2, 0.25) is 0 Å². The number of furan rings is 1. The minimum absolute atomic E-state index is 0.0827. The van der Waals surface area contributed by atoms with Crippen molar-refractivity contribution in [3.63, 3.8) is 0 Å². The second kappa shape index (κ2) is 10.5. The van der Waals surface area contributed by atoms with Crippen LogP contribution < -0.4 is 16.2 Å². The molecular formula is C27H27N5O3. The predicted molar refractivity (Wildman–Crippen MR) is 131 cm³/mol. The molecule has 0 bridgehead atoms. The van der Waals surface area contributed by atoms with Crippen molar-refractivity contribution < 1.29 is 9.21 Å². The number of pyridine rings is 1. The minimum Gasteiger partial charge on any atom is -0.472 e. The number of rotatable bonds is 8. The van der Waals surface area contributed by atoms with Gasteiger partial charge in [-0.2, -0.15) is 5.10 Å². The van der Waals surface area contributed by atoms with Crippen LogP contribution in [-0.4, -0.2) is 21.1 Å². The van der Waals surface area contributed by atoms with Crippen LogP contribution in [0.15, 0.2) is 76.6 Å². The number of carbonyl (C=O) groups is 1. The average Bonchev–Trinajstić information content (AvgIpc) is 3.44. The lowest BCUT2D eigenvalue weighted by Gasteiger charge is -2.20. The van der Waals surface area contributed by atoms with Gasteiger partial charge >= 0.3 is 0 Å². The quantitative estimate of drug-likeness (QED) is 0.341. The van der Waals surface area contributed by atoms with E-state index in [9.17, 15) is 9.59 Å². The summed E-state index contributed by atoms with van der Waals surface area (Å²) in [6, 6.07) is 13.2. The van der Waals surface area contributed by atoms with E-state index in [0.29, 0.717) is 18.5 Å². The Balaban J connectivity index is 1.32. The van der Waals surface area contributed by atoms with Crippen molar-refractivity contribution in [2.24, 2.45) is 0 Å². The average molecular weight is 470 g/mol. The van der Waals surface area contributed by atoms with E-state index >= 15 is 0 Å². The zero-order valence-corrected chi connectivity index (χ0v) is 19.3. The number of fused-ring (bicyclic) bond motifs is 1. The molecule has 1 aliphatic carbocycles. The van der Waals surface area contributed by atoms with E-state index in [-0.39, 0.29) is 11.5 Å². The smallest absolute Gasteiger partial charge is 0.267 e. The second-order valence-electron chi connectivity index (χ2n) is 8.75. The Hall–Kier alpha value is -4.04. The maximum absolute atomic E-state index is 13.2. The van der Waals surface area contributed by atoms with Gasteiger partial charge < -0.3 is 9.73 Å². The van der Waals surface area contributed by atoms with Crippen LogP contribution >= 0.6 is 0 Å². The number of amides is 1. The standard InChI is InChI=1S/C27H27N5O3/c33-26(30-25(21-10-12-35-17-21)29-16-19-6-4-11-28-15-19)20-7-3-5-18(13-20)14-24-22-8-1-2-9-23(22)27(34)32-31-24/h3-7,10-13,15,17,25,29H,1-2,8-9,14,16H2,(H,30,33)(H,32,34). The first-order valence-electron chi connectivity index (χ1n) is 11.8. The fourth-order valence-electron chi connectivity index (χ4n) is 4.52. The minimum atomic E-state index is -0.432. The molecule has 1 atom stereocenters. The lowest BCUT2D eigenvalue weighted by Crippen LogP contribution is -2.37. The monoisotopic (exact) mass is 469 g/mol. The first-order chi connectivity index (χ1) is 17.2. The van der Waals surface area contributed by atoms with Crippen LogP contribution in [0.4, 0.5) is 0 Å². The number of H-pyrrole nitrogens is 1. The number of aromatic nitrogens is 3. The molecule has 0 radical (unpaired) electrons. The van der Waals surface area contributed by atoms with Gasteiger partial charge in [0.2, 0.25) is 0 Å². The molecule has 0 aliphatic heterocycles. The number of carbonyl (C=O) groups excluding carboxylic acids is 1. The lowest BCUT2D eigenvalue weighted by atomic mass is 9.90. The zero-order chi connectivity index (χ0) is 24.0. The second-order valence-corrected chi connectivity index (χ2v) is 8.75. The van der Waals surface area contributed by atoms with Crippen LogP contribution in [0.1, 0.15) is 62.9 Å². The Bertz CT molecular complexity index is 1350. The van der Waals surface area contributed by atoms with Gasteiger partial charge in [-0.25, -0.2) is 5.10 Å². The third-order valence-electron chi connectivity index (χ3n) is 6.33. The summed E-state index contributed by atoms with van der Waals surface area (Å²) in [6.45, 7) is 0.535. The van der Waals surface area contributed by atoms with Crippen molar-refractivity contribution in [3.05, 3.63) is 117 Å². The number of hydrogen-bond donors (Lipinski definition) is 3. The van der Waals surface area contributed by atoms with Crippen LogP contribution in [0.5, 0.6) is 0 Å². The highest BCUT2D eigenvalue weighted by Gasteiger charge is 2.19. The molecule has 1 aromatic carbocycles. The maximum atomic E-state index is 13.2. The number of nitrogens with zero attached hydrogens (tertiary/aromatic N) is 2. The molecule has 4 aromatic rings. The third-order valence-corrected chi connectivity index (χ3v) is 6.33. The molecule has 1 unspecified atom stereocenters. The summed E-state index contributed by atoms with van der Waals surface area (Å²) in [5.74, 6) is -0.201. The number of hydrogen-bond acceptors (Lipinski definition) is 6. The molecule has 0 fully saturated rings. The SMILES string of the molecule is O=C(NC(NCc1cccnc1)c1ccoc1)c1cccc(Cc2n[nH]c(=O)c3c2CCCC3)c1. The van der Waals surface area contributed by atoms with E-state index in [1.54, 1.807) is 31.0 Å². The molecule has 1 aliphatic rings. The number of nitrogens with one attached hydrogen (secondary N) is 3. The van der Waals surface area contributed by atoms with Crippen LogP contribution in [0.3, 0.4) is 0 Å². The Morgan fingerprint density at radius 3 is 2.74 bits per heavy atom. The summed E-state index contributed by atoms with van der Waals surface area (Å²) in [6.07, 6.45) is 10.6. The highest BCUT2D eigenvalue weighted by molar-refractivity contribution is 5.94. The Morgan fingerprint density at radius 2 is 1.94 bits per heavy atom. The van der Waals surface area contributed by atoms with Gasteiger partial charge in [0.25, 0.3) is 11.5 Å². The largest absolute Gasteiger partial charge is 0.472 e. The first-order valence-corrected chi connectivity index (χ1v) is 11.8. The molecule has 0 saturated heterocycles. The van der Waals surface area contributed by atoms with Crippen molar-refractivity contribution in [2.75, 3.05) is 0 Å². The van der Waals surface area contributed by atoms with E-state index in [4.69, 9.17) is 4.42 Å². The third kappa shape index (κ3) is 5.38. The summed E-state index contributed by atoms with van der Waals surface area (Å²) >= 11 is 0. The van der Waals surface area contributed by atoms with Gasteiger partial charge in [0.15, 0.2) is 0 Å². The molecule has 8 heteroatoms. The van der Waals surface area contributed by atoms with Gasteiger partial charge in [0, 0.05) is 42.0 Å². The fourth-order valence-corrected chi connectivity index (χ4v) is 4.52. The molecule has 8 nitrogen and oxygen atoms in total. The molecular weight excluding hydrogens is 442 g/mol. The normalized spacial score (nSPS) is 13.7. The van der Waals surface area contributed by atoms with Gasteiger partial charge in [0.05, 0.1) is 18.2 Å². The van der Waals surface area contributed by atoms with Gasteiger partial charge in [-0.15, -0.1) is 0 Å². The first kappa shape index (κ1) is 22.7. The molecule has 5 rings (SSSR count). The van der Waals surface area contributed by atoms with Crippen molar-refractivity contribution in [3.8, 4) is 0 Å². The fraction of sp³-hybridized carbons (Fsp3) is 0.259. The van der Waals surface area contributed by atoms with Gasteiger partial charge in [-0.3, -0.25) is 19.9 Å². The summed E-state index contributed by atoms with van der Waals surface area (Å²) in [5, 5.41) is 13.4. The highest BCUT2D eigenvalue weighted by atomic mass is 16.3. The predicted octanol–water partition coefficient (Wildman–Crippen LogP) is 3.45. The number of benzene rings is 1. The van der Waals surface area contributed by atoms with E-state index < -0.39 is 6.17 Å². The van der Waals surface area contributed by atoms with Crippen LogP contribution in [-0.2, 0) is 25.8 Å². The molecule has 1 amide bonds. The van der Waals surface area contributed by atoms with E-state index in [1.807, 2.05) is 36.4 Å². The molecule has 35 heavy (non-hydrogen) atoms. The Morgan fingerprint density at radius 1 is 1.09 bits per heavy atom. The summed E-state index contributed by atoms with van der Waals surface area (Å²) in [5.41, 5.74) is 6.07. The van der Waals surface area contributed by atoms with Gasteiger partial charge in [-0.05, 0) is 66.6 Å². The van der Waals surface area contributed by atoms with Crippen LogP contribution in [0, 0.1) is 0 Å². The Kier molecular flexibility index (Phi) is 6.81. The summed E-state index contributed by atoms with van der Waals surface area (Å²) in [7, 11) is 0. The van der Waals surface area contributed by atoms with Crippen molar-refractivity contribution in [2.45, 2.75) is 44.8 Å². The molecule has 3 heterocycles.